The summed E-state index contributed by atoms with van der Waals surface area (Å²) in [6, 6.07) is 2.74. The third-order valence-electron chi connectivity index (χ3n) is 1.85. The van der Waals surface area contributed by atoms with Gasteiger partial charge >= 0.3 is 0 Å². The lowest BCUT2D eigenvalue weighted by molar-refractivity contribution is 0.1000. The van der Waals surface area contributed by atoms with Crippen molar-refractivity contribution in [2.45, 2.75) is 0 Å². The minimum Gasteiger partial charge on any atom is -0.366 e. The summed E-state index contributed by atoms with van der Waals surface area (Å²) in [4.78, 5) is 14.7. The van der Waals surface area contributed by atoms with Crippen molar-refractivity contribution in [2.75, 3.05) is 17.6 Å². The zero-order valence-corrected chi connectivity index (χ0v) is 10.4. The molecule has 90 valence electrons. The van der Waals surface area contributed by atoms with Crippen molar-refractivity contribution < 1.29 is 13.2 Å². The molecule has 0 atom stereocenters. The van der Waals surface area contributed by atoms with Crippen LogP contribution in [0, 0.1) is 0 Å². The number of nitrogens with two attached hydrogens (primary N) is 1. The fourth-order valence-electron chi connectivity index (χ4n) is 0.914. The molecule has 2 N–H and O–H groups in total. The van der Waals surface area contributed by atoms with E-state index in [4.69, 9.17) is 5.73 Å². The Balaban J connectivity index is 0.00000225. The number of hydrogen-bond donors (Lipinski definition) is 1. The second kappa shape index (κ2) is 5.13. The average Bonchev–Trinajstić information content (AvgIpc) is 2.15. The predicted octanol–water partition coefficient (Wildman–Crippen LogP) is -0.00190. The number of carbonyl (C=O) groups excluding carboxylic acids is 1. The van der Waals surface area contributed by atoms with E-state index in [2.05, 4.69) is 4.98 Å². The number of primary amides is 1. The Morgan fingerprint density at radius 2 is 2.06 bits per heavy atom. The first-order valence-corrected chi connectivity index (χ1v) is 5.87. The summed E-state index contributed by atoms with van der Waals surface area (Å²) in [7, 11) is -2.03. The molecule has 16 heavy (non-hydrogen) atoms. The van der Waals surface area contributed by atoms with E-state index in [1.54, 1.807) is 0 Å². The van der Waals surface area contributed by atoms with Gasteiger partial charge in [-0.2, -0.15) is 0 Å². The molecule has 0 bridgehead atoms. The summed E-state index contributed by atoms with van der Waals surface area (Å²) in [5, 5.41) is 0. The molecule has 1 rings (SSSR count). The molecule has 1 aromatic rings. The first kappa shape index (κ1) is 14.7. The molecule has 0 aliphatic carbocycles. The van der Waals surface area contributed by atoms with Crippen LogP contribution in [0.5, 0.6) is 0 Å². The molecule has 1 aromatic heterocycles. The molecular weight excluding hydrogens is 254 g/mol. The van der Waals surface area contributed by atoms with Crippen molar-refractivity contribution in [3.63, 3.8) is 0 Å². The number of pyridine rings is 1. The summed E-state index contributed by atoms with van der Waals surface area (Å²) in [5.74, 6) is -0.464. The number of nitrogens with zero attached hydrogens (tertiary/aromatic N) is 2. The number of anilines is 1. The van der Waals surface area contributed by atoms with Crippen LogP contribution in [-0.2, 0) is 10.0 Å². The SMILES string of the molecule is CN(c1cc(C(N)=O)ccn1)S(C)(=O)=O.Cl. The van der Waals surface area contributed by atoms with Gasteiger partial charge in [0.1, 0.15) is 5.82 Å². The van der Waals surface area contributed by atoms with Gasteiger partial charge in [-0.1, -0.05) is 0 Å². The third-order valence-corrected chi connectivity index (χ3v) is 3.03. The number of sulfonamides is 1. The lowest BCUT2D eigenvalue weighted by atomic mass is 10.2. The second-order valence-corrected chi connectivity index (χ2v) is 5.01. The van der Waals surface area contributed by atoms with Crippen LogP contribution >= 0.6 is 12.4 Å². The first-order chi connectivity index (χ1) is 6.82. The minimum absolute atomic E-state index is 0. The van der Waals surface area contributed by atoms with Gasteiger partial charge in [0.15, 0.2) is 0 Å². The van der Waals surface area contributed by atoms with Gasteiger partial charge in [0.2, 0.25) is 15.9 Å². The highest BCUT2D eigenvalue weighted by Gasteiger charge is 2.14. The van der Waals surface area contributed by atoms with E-state index < -0.39 is 15.9 Å². The van der Waals surface area contributed by atoms with Gasteiger partial charge in [0.25, 0.3) is 0 Å². The number of hydrogen-bond acceptors (Lipinski definition) is 4. The molecule has 0 aliphatic heterocycles. The molecule has 8 heteroatoms. The van der Waals surface area contributed by atoms with Gasteiger partial charge in [-0.3, -0.25) is 9.10 Å². The Bertz CT molecular complexity index is 489. The van der Waals surface area contributed by atoms with Gasteiger partial charge in [-0.25, -0.2) is 13.4 Å². The van der Waals surface area contributed by atoms with Gasteiger partial charge in [0.05, 0.1) is 6.26 Å². The molecule has 1 amide bonds. The summed E-state index contributed by atoms with van der Waals surface area (Å²) in [6.45, 7) is 0. The zero-order valence-electron chi connectivity index (χ0n) is 8.75. The molecule has 0 radical (unpaired) electrons. The summed E-state index contributed by atoms with van der Waals surface area (Å²) < 4.78 is 23.3. The largest absolute Gasteiger partial charge is 0.366 e. The van der Waals surface area contributed by atoms with Crippen molar-refractivity contribution in [3.8, 4) is 0 Å². The van der Waals surface area contributed by atoms with E-state index in [9.17, 15) is 13.2 Å². The van der Waals surface area contributed by atoms with Crippen LogP contribution < -0.4 is 10.0 Å². The van der Waals surface area contributed by atoms with E-state index >= 15 is 0 Å². The highest BCUT2D eigenvalue weighted by Crippen LogP contribution is 2.13. The Hall–Kier alpha value is -1.34. The van der Waals surface area contributed by atoms with E-state index in [1.807, 2.05) is 0 Å². The molecule has 0 spiro atoms. The highest BCUT2D eigenvalue weighted by molar-refractivity contribution is 7.92. The van der Waals surface area contributed by atoms with Crippen LogP contribution in [-0.4, -0.2) is 32.6 Å². The predicted molar refractivity (Wildman–Crippen MR) is 63.2 cm³/mol. The highest BCUT2D eigenvalue weighted by atomic mass is 35.5. The fraction of sp³-hybridized carbons (Fsp3) is 0.250. The lowest BCUT2D eigenvalue weighted by Gasteiger charge is -2.15. The van der Waals surface area contributed by atoms with Crippen LogP contribution in [0.3, 0.4) is 0 Å². The van der Waals surface area contributed by atoms with Crippen molar-refractivity contribution in [2.24, 2.45) is 5.73 Å². The topological polar surface area (TPSA) is 93.4 Å². The van der Waals surface area contributed by atoms with E-state index in [0.29, 0.717) is 0 Å². The molecule has 0 saturated carbocycles. The molecule has 0 fully saturated rings. The van der Waals surface area contributed by atoms with Gasteiger partial charge in [0, 0.05) is 18.8 Å². The Morgan fingerprint density at radius 3 is 2.50 bits per heavy atom. The van der Waals surface area contributed by atoms with Crippen molar-refractivity contribution in [3.05, 3.63) is 23.9 Å². The minimum atomic E-state index is -3.38. The van der Waals surface area contributed by atoms with Gasteiger partial charge in [-0.05, 0) is 12.1 Å². The van der Waals surface area contributed by atoms with E-state index in [-0.39, 0.29) is 23.8 Å². The van der Waals surface area contributed by atoms with E-state index in [1.165, 1.54) is 25.4 Å². The van der Waals surface area contributed by atoms with Crippen LogP contribution in [0.2, 0.25) is 0 Å². The summed E-state index contributed by atoms with van der Waals surface area (Å²) in [5.41, 5.74) is 5.28. The van der Waals surface area contributed by atoms with Crippen molar-refractivity contribution in [1.82, 2.24) is 4.98 Å². The van der Waals surface area contributed by atoms with Gasteiger partial charge < -0.3 is 5.73 Å². The average molecular weight is 266 g/mol. The second-order valence-electron chi connectivity index (χ2n) is 3.00. The Labute approximate surface area is 99.9 Å². The Kier molecular flexibility index (Phi) is 4.70. The summed E-state index contributed by atoms with van der Waals surface area (Å²) in [6.07, 6.45) is 2.38. The number of amides is 1. The molecular formula is C8H12ClN3O3S. The number of halogens is 1. The number of aromatic nitrogens is 1. The molecule has 1 heterocycles. The lowest BCUT2D eigenvalue weighted by Crippen LogP contribution is -2.26. The zero-order chi connectivity index (χ0) is 11.6. The number of rotatable bonds is 3. The van der Waals surface area contributed by atoms with Gasteiger partial charge in [-0.15, -0.1) is 12.4 Å². The smallest absolute Gasteiger partial charge is 0.248 e. The maximum Gasteiger partial charge on any atom is 0.248 e. The van der Waals surface area contributed by atoms with Crippen LogP contribution in [0.25, 0.3) is 0 Å². The van der Waals surface area contributed by atoms with E-state index in [0.717, 1.165) is 10.6 Å². The maximum absolute atomic E-state index is 11.2. The standard InChI is InChI=1S/C8H11N3O3S.ClH/c1-11(15(2,13)14)7-5-6(8(9)12)3-4-10-7;/h3-5H,1-2H3,(H2,9,12);1H. The maximum atomic E-state index is 11.2. The molecule has 6 nitrogen and oxygen atoms in total. The van der Waals surface area contributed by atoms with Crippen LogP contribution in [0.1, 0.15) is 10.4 Å². The van der Waals surface area contributed by atoms with Crippen LogP contribution in [0.4, 0.5) is 5.82 Å². The quantitative estimate of drug-likeness (QED) is 0.832. The normalized spacial score (nSPS) is 10.4. The Morgan fingerprint density at radius 1 is 1.50 bits per heavy atom. The molecule has 0 aliphatic rings. The molecule has 0 saturated heterocycles. The first-order valence-electron chi connectivity index (χ1n) is 4.02. The van der Waals surface area contributed by atoms with Crippen LogP contribution in [0.15, 0.2) is 18.3 Å². The third kappa shape index (κ3) is 3.35. The monoisotopic (exact) mass is 265 g/mol. The molecule has 0 unspecified atom stereocenters. The summed E-state index contributed by atoms with van der Waals surface area (Å²) >= 11 is 0. The van der Waals surface area contributed by atoms with Crippen molar-refractivity contribution >= 4 is 34.2 Å². The van der Waals surface area contributed by atoms with Crippen molar-refractivity contribution in [1.29, 1.82) is 0 Å². The molecule has 0 aromatic carbocycles. The fourth-order valence-corrected chi connectivity index (χ4v) is 1.35. The number of carbonyl (C=O) groups is 1.